The van der Waals surface area contributed by atoms with Crippen molar-refractivity contribution in [1.82, 2.24) is 9.47 Å². The third kappa shape index (κ3) is 4.21. The zero-order valence-electron chi connectivity index (χ0n) is 17.1. The number of amides is 2. The Morgan fingerprint density at radius 2 is 1.86 bits per heavy atom. The van der Waals surface area contributed by atoms with E-state index in [2.05, 4.69) is 42.8 Å². The number of anilines is 1. The van der Waals surface area contributed by atoms with Crippen LogP contribution in [0.4, 0.5) is 10.5 Å². The number of nitrogens with zero attached hydrogens (tertiary/aromatic N) is 2. The molecule has 0 bridgehead atoms. The van der Waals surface area contributed by atoms with E-state index < -0.39 is 0 Å². The molecule has 2 heterocycles. The molecule has 1 aliphatic rings. The fourth-order valence-electron chi connectivity index (χ4n) is 3.87. The van der Waals surface area contributed by atoms with E-state index >= 15 is 0 Å². The minimum absolute atomic E-state index is 0.0468. The molecule has 150 valence electrons. The first-order chi connectivity index (χ1) is 13.4. The molecule has 0 spiro atoms. The molecule has 6 nitrogen and oxygen atoms in total. The second kappa shape index (κ2) is 8.50. The highest BCUT2D eigenvalue weighted by Gasteiger charge is 2.33. The summed E-state index contributed by atoms with van der Waals surface area (Å²) in [6.45, 7) is 10.1. The second-order valence-electron chi connectivity index (χ2n) is 7.54. The van der Waals surface area contributed by atoms with E-state index in [0.29, 0.717) is 19.1 Å². The molecule has 0 radical (unpaired) electrons. The highest BCUT2D eigenvalue weighted by atomic mass is 16.5. The molecule has 0 saturated carbocycles. The predicted octanol–water partition coefficient (Wildman–Crippen LogP) is 4.15. The number of urea groups is 1. The third-order valence-electron chi connectivity index (χ3n) is 5.19. The SMILES string of the molecule is CCOC(=O)Cc1ccc(NC(=O)N2CCn3c(C)ccc3C2C(C)C)cc1. The lowest BCUT2D eigenvalue weighted by molar-refractivity contribution is -0.142. The molecule has 28 heavy (non-hydrogen) atoms. The minimum Gasteiger partial charge on any atom is -0.466 e. The molecule has 2 amide bonds. The van der Waals surface area contributed by atoms with Crippen LogP contribution in [0.1, 0.15) is 43.8 Å². The van der Waals surface area contributed by atoms with Crippen molar-refractivity contribution < 1.29 is 14.3 Å². The fraction of sp³-hybridized carbons (Fsp3) is 0.455. The number of ether oxygens (including phenoxy) is 1. The molecular formula is C22H29N3O3. The topological polar surface area (TPSA) is 63.6 Å². The first kappa shape index (κ1) is 20.0. The molecule has 1 aromatic heterocycles. The van der Waals surface area contributed by atoms with Crippen molar-refractivity contribution in [2.24, 2.45) is 5.92 Å². The number of hydrogen-bond acceptors (Lipinski definition) is 3. The summed E-state index contributed by atoms with van der Waals surface area (Å²) < 4.78 is 7.27. The average Bonchev–Trinajstić information content (AvgIpc) is 3.03. The van der Waals surface area contributed by atoms with E-state index in [0.717, 1.165) is 17.8 Å². The maximum Gasteiger partial charge on any atom is 0.322 e. The molecular weight excluding hydrogens is 354 g/mol. The number of carbonyl (C=O) groups is 2. The van der Waals surface area contributed by atoms with Gasteiger partial charge in [-0.15, -0.1) is 0 Å². The smallest absolute Gasteiger partial charge is 0.322 e. The van der Waals surface area contributed by atoms with Gasteiger partial charge in [-0.1, -0.05) is 26.0 Å². The van der Waals surface area contributed by atoms with Gasteiger partial charge in [0.1, 0.15) is 0 Å². The van der Waals surface area contributed by atoms with E-state index in [1.54, 1.807) is 6.92 Å². The van der Waals surface area contributed by atoms with E-state index in [4.69, 9.17) is 4.74 Å². The van der Waals surface area contributed by atoms with Gasteiger partial charge in [0.2, 0.25) is 0 Å². The van der Waals surface area contributed by atoms with Crippen LogP contribution in [0, 0.1) is 12.8 Å². The van der Waals surface area contributed by atoms with Crippen LogP contribution in [0.25, 0.3) is 0 Å². The van der Waals surface area contributed by atoms with Gasteiger partial charge in [0.05, 0.1) is 19.1 Å². The molecule has 1 N–H and O–H groups in total. The number of carbonyl (C=O) groups excluding carboxylic acids is 2. The summed E-state index contributed by atoms with van der Waals surface area (Å²) in [7, 11) is 0. The van der Waals surface area contributed by atoms with Crippen LogP contribution in [-0.4, -0.2) is 34.6 Å². The zero-order chi connectivity index (χ0) is 20.3. The van der Waals surface area contributed by atoms with E-state index in [1.165, 1.54) is 11.4 Å². The standard InChI is InChI=1S/C22H29N3O3/c1-5-28-20(26)14-17-7-9-18(10-8-17)23-22(27)25-13-12-24-16(4)6-11-19(24)21(25)15(2)3/h6-11,15,21H,5,12-14H2,1-4H3,(H,23,27). The Bertz CT molecular complexity index is 839. The summed E-state index contributed by atoms with van der Waals surface area (Å²) in [4.78, 5) is 26.5. The van der Waals surface area contributed by atoms with Crippen molar-refractivity contribution in [3.63, 3.8) is 0 Å². The van der Waals surface area contributed by atoms with Crippen molar-refractivity contribution >= 4 is 17.7 Å². The van der Waals surface area contributed by atoms with Crippen LogP contribution in [0.3, 0.4) is 0 Å². The van der Waals surface area contributed by atoms with Crippen molar-refractivity contribution in [3.8, 4) is 0 Å². The first-order valence-electron chi connectivity index (χ1n) is 9.89. The van der Waals surface area contributed by atoms with Gasteiger partial charge in [-0.3, -0.25) is 4.79 Å². The lowest BCUT2D eigenvalue weighted by Crippen LogP contribution is -2.46. The highest BCUT2D eigenvalue weighted by Crippen LogP contribution is 2.33. The predicted molar refractivity (Wildman–Crippen MR) is 109 cm³/mol. The Balaban J connectivity index is 1.69. The Kier molecular flexibility index (Phi) is 6.07. The normalized spacial score (nSPS) is 16.0. The molecule has 0 saturated heterocycles. The highest BCUT2D eigenvalue weighted by molar-refractivity contribution is 5.89. The lowest BCUT2D eigenvalue weighted by Gasteiger charge is -2.39. The van der Waals surface area contributed by atoms with Gasteiger partial charge in [-0.05, 0) is 49.6 Å². The number of aryl methyl sites for hydroxylation is 1. The second-order valence-corrected chi connectivity index (χ2v) is 7.54. The van der Waals surface area contributed by atoms with E-state index in [1.807, 2.05) is 29.2 Å². The van der Waals surface area contributed by atoms with Gasteiger partial charge in [0.15, 0.2) is 0 Å². The Hall–Kier alpha value is -2.76. The van der Waals surface area contributed by atoms with E-state index in [-0.39, 0.29) is 24.5 Å². The van der Waals surface area contributed by atoms with Crippen molar-refractivity contribution in [3.05, 3.63) is 53.3 Å². The van der Waals surface area contributed by atoms with Crippen molar-refractivity contribution in [2.45, 2.75) is 46.7 Å². The molecule has 3 rings (SSSR count). The van der Waals surface area contributed by atoms with Gasteiger partial charge in [-0.2, -0.15) is 0 Å². The minimum atomic E-state index is -0.245. The van der Waals surface area contributed by atoms with Gasteiger partial charge in [0, 0.05) is 30.2 Å². The van der Waals surface area contributed by atoms with Gasteiger partial charge >= 0.3 is 12.0 Å². The number of rotatable bonds is 5. The third-order valence-corrected chi connectivity index (χ3v) is 5.19. The van der Waals surface area contributed by atoms with Crippen molar-refractivity contribution in [2.75, 3.05) is 18.5 Å². The molecule has 2 aromatic rings. The number of esters is 1. The molecule has 1 atom stereocenters. The molecule has 1 aromatic carbocycles. The molecule has 0 aliphatic carbocycles. The summed E-state index contributed by atoms with van der Waals surface area (Å²) in [6.07, 6.45) is 0.236. The van der Waals surface area contributed by atoms with Crippen molar-refractivity contribution in [1.29, 1.82) is 0 Å². The number of benzene rings is 1. The summed E-state index contributed by atoms with van der Waals surface area (Å²) in [5.74, 6) is 0.0664. The molecule has 6 heteroatoms. The summed E-state index contributed by atoms with van der Waals surface area (Å²) in [5, 5.41) is 3.00. The number of nitrogens with one attached hydrogen (secondary N) is 1. The number of aromatic nitrogens is 1. The first-order valence-corrected chi connectivity index (χ1v) is 9.89. The zero-order valence-corrected chi connectivity index (χ0v) is 17.1. The van der Waals surface area contributed by atoms with Crippen LogP contribution in [0.15, 0.2) is 36.4 Å². The molecule has 1 aliphatic heterocycles. The summed E-state index contributed by atoms with van der Waals surface area (Å²) >= 11 is 0. The number of hydrogen-bond donors (Lipinski definition) is 1. The van der Waals surface area contributed by atoms with Crippen LogP contribution < -0.4 is 5.32 Å². The Labute approximate surface area is 166 Å². The fourth-order valence-corrected chi connectivity index (χ4v) is 3.87. The van der Waals surface area contributed by atoms with Crippen LogP contribution in [0.2, 0.25) is 0 Å². The number of fused-ring (bicyclic) bond motifs is 1. The quantitative estimate of drug-likeness (QED) is 0.789. The van der Waals surface area contributed by atoms with Gasteiger partial charge in [0.25, 0.3) is 0 Å². The molecule has 1 unspecified atom stereocenters. The van der Waals surface area contributed by atoms with E-state index in [9.17, 15) is 9.59 Å². The largest absolute Gasteiger partial charge is 0.466 e. The maximum atomic E-state index is 13.0. The average molecular weight is 383 g/mol. The maximum absolute atomic E-state index is 13.0. The van der Waals surface area contributed by atoms with Gasteiger partial charge in [-0.25, -0.2) is 4.79 Å². The summed E-state index contributed by atoms with van der Waals surface area (Å²) in [6, 6.07) is 11.5. The monoisotopic (exact) mass is 383 g/mol. The van der Waals surface area contributed by atoms with Crippen LogP contribution in [0.5, 0.6) is 0 Å². The Morgan fingerprint density at radius 3 is 2.50 bits per heavy atom. The molecule has 0 fully saturated rings. The van der Waals surface area contributed by atoms with Gasteiger partial charge < -0.3 is 19.5 Å². The van der Waals surface area contributed by atoms with Crippen LogP contribution >= 0.6 is 0 Å². The summed E-state index contributed by atoms with van der Waals surface area (Å²) in [5.41, 5.74) is 4.01. The lowest BCUT2D eigenvalue weighted by atomic mass is 9.97. The van der Waals surface area contributed by atoms with Crippen LogP contribution in [-0.2, 0) is 22.5 Å². The Morgan fingerprint density at radius 1 is 1.14 bits per heavy atom.